The number of methoxy groups -OCH3 is 1. The van der Waals surface area contributed by atoms with E-state index in [1.807, 2.05) is 60.7 Å². The topological polar surface area (TPSA) is 93.4 Å². The zero-order valence-corrected chi connectivity index (χ0v) is 13.4. The standard InChI is InChI=1S/C17H15N5O3/c1-25-17-18-12-15(22(23)24)16(19-17)20-21(13-8-4-2-5-9-13)14-10-6-3-7-11-14/h2-12H,1H3,(H,18,19,20). The Balaban J connectivity index is 2.06. The van der Waals surface area contributed by atoms with E-state index in [1.54, 1.807) is 5.01 Å². The third kappa shape index (κ3) is 3.63. The minimum absolute atomic E-state index is 0.0320. The molecule has 2 aromatic carbocycles. The molecule has 0 aliphatic heterocycles. The van der Waals surface area contributed by atoms with Crippen molar-refractivity contribution in [3.8, 4) is 6.01 Å². The van der Waals surface area contributed by atoms with Gasteiger partial charge in [0.05, 0.1) is 23.4 Å². The van der Waals surface area contributed by atoms with Crippen LogP contribution in [0.5, 0.6) is 6.01 Å². The van der Waals surface area contributed by atoms with E-state index < -0.39 is 4.92 Å². The number of benzene rings is 2. The predicted octanol–water partition coefficient (Wildman–Crippen LogP) is 3.56. The molecular weight excluding hydrogens is 322 g/mol. The van der Waals surface area contributed by atoms with Gasteiger partial charge in [0, 0.05) is 0 Å². The van der Waals surface area contributed by atoms with Crippen molar-refractivity contribution >= 4 is 22.9 Å². The highest BCUT2D eigenvalue weighted by atomic mass is 16.6. The van der Waals surface area contributed by atoms with E-state index >= 15 is 0 Å². The van der Waals surface area contributed by atoms with E-state index in [0.29, 0.717) is 0 Å². The number of rotatable bonds is 6. The molecule has 0 spiro atoms. The first kappa shape index (κ1) is 16.2. The smallest absolute Gasteiger partial charge is 0.331 e. The normalized spacial score (nSPS) is 10.1. The summed E-state index contributed by atoms with van der Waals surface area (Å²) in [5, 5.41) is 13.0. The van der Waals surface area contributed by atoms with Crippen LogP contribution in [0.4, 0.5) is 22.9 Å². The fraction of sp³-hybridized carbons (Fsp3) is 0.0588. The van der Waals surface area contributed by atoms with Gasteiger partial charge in [0.1, 0.15) is 6.20 Å². The third-order valence-corrected chi connectivity index (χ3v) is 3.37. The Morgan fingerprint density at radius 2 is 1.60 bits per heavy atom. The fourth-order valence-corrected chi connectivity index (χ4v) is 2.21. The minimum atomic E-state index is -0.546. The number of hydrazine groups is 1. The van der Waals surface area contributed by atoms with Crippen LogP contribution in [-0.4, -0.2) is 22.0 Å². The van der Waals surface area contributed by atoms with Crippen LogP contribution < -0.4 is 15.2 Å². The average molecular weight is 337 g/mol. The highest BCUT2D eigenvalue weighted by Crippen LogP contribution is 2.29. The molecular formula is C17H15N5O3. The summed E-state index contributed by atoms with van der Waals surface area (Å²) in [7, 11) is 1.40. The summed E-state index contributed by atoms with van der Waals surface area (Å²) in [5.41, 5.74) is 4.33. The molecule has 0 saturated carbocycles. The van der Waals surface area contributed by atoms with Crippen LogP contribution in [0.3, 0.4) is 0 Å². The molecule has 0 bridgehead atoms. The molecule has 0 fully saturated rings. The van der Waals surface area contributed by atoms with Crippen molar-refractivity contribution in [3.05, 3.63) is 77.0 Å². The summed E-state index contributed by atoms with van der Waals surface area (Å²) < 4.78 is 4.98. The van der Waals surface area contributed by atoms with Gasteiger partial charge >= 0.3 is 11.7 Å². The molecule has 25 heavy (non-hydrogen) atoms. The summed E-state index contributed by atoms with van der Waals surface area (Å²) in [6, 6.07) is 18.8. The molecule has 8 heteroatoms. The maximum atomic E-state index is 11.3. The van der Waals surface area contributed by atoms with E-state index in [4.69, 9.17) is 4.74 Å². The highest BCUT2D eigenvalue weighted by Gasteiger charge is 2.21. The van der Waals surface area contributed by atoms with Gasteiger partial charge in [0.25, 0.3) is 0 Å². The van der Waals surface area contributed by atoms with Crippen LogP contribution in [0, 0.1) is 10.1 Å². The first-order valence-electron chi connectivity index (χ1n) is 7.41. The SMILES string of the molecule is COc1ncc([N+](=O)[O-])c(NN(c2ccccc2)c2ccccc2)n1. The zero-order chi connectivity index (χ0) is 17.6. The van der Waals surface area contributed by atoms with Crippen LogP contribution in [-0.2, 0) is 0 Å². The lowest BCUT2D eigenvalue weighted by Crippen LogP contribution is -2.25. The Kier molecular flexibility index (Phi) is 4.70. The van der Waals surface area contributed by atoms with Gasteiger partial charge in [-0.25, -0.2) is 0 Å². The molecule has 0 aliphatic carbocycles. The van der Waals surface area contributed by atoms with E-state index in [-0.39, 0.29) is 17.5 Å². The lowest BCUT2D eigenvalue weighted by Gasteiger charge is -2.25. The molecule has 0 unspecified atom stereocenters. The number of nitrogens with one attached hydrogen (secondary N) is 1. The molecule has 1 heterocycles. The molecule has 0 saturated heterocycles. The largest absolute Gasteiger partial charge is 0.467 e. The summed E-state index contributed by atoms with van der Waals surface area (Å²) in [6.07, 6.45) is 1.11. The quantitative estimate of drug-likeness (QED) is 0.543. The minimum Gasteiger partial charge on any atom is -0.467 e. The maximum Gasteiger partial charge on any atom is 0.331 e. The second kappa shape index (κ2) is 7.26. The van der Waals surface area contributed by atoms with Crippen molar-refractivity contribution in [1.82, 2.24) is 9.97 Å². The number of para-hydroxylation sites is 2. The van der Waals surface area contributed by atoms with Crippen molar-refractivity contribution in [2.24, 2.45) is 0 Å². The van der Waals surface area contributed by atoms with Crippen molar-refractivity contribution in [1.29, 1.82) is 0 Å². The molecule has 3 rings (SSSR count). The summed E-state index contributed by atoms with van der Waals surface area (Å²) in [6.45, 7) is 0. The average Bonchev–Trinajstić information content (AvgIpc) is 2.67. The lowest BCUT2D eigenvalue weighted by molar-refractivity contribution is -0.384. The molecule has 126 valence electrons. The van der Waals surface area contributed by atoms with E-state index in [2.05, 4.69) is 15.4 Å². The summed E-state index contributed by atoms with van der Waals surface area (Å²) in [5.74, 6) is 0.0320. The Bertz CT molecular complexity index is 819. The van der Waals surface area contributed by atoms with Gasteiger partial charge in [0.2, 0.25) is 5.82 Å². The fourth-order valence-electron chi connectivity index (χ4n) is 2.21. The first-order valence-corrected chi connectivity index (χ1v) is 7.41. The third-order valence-electron chi connectivity index (χ3n) is 3.37. The van der Waals surface area contributed by atoms with E-state index in [1.165, 1.54) is 7.11 Å². The number of aromatic nitrogens is 2. The van der Waals surface area contributed by atoms with Crippen LogP contribution in [0.2, 0.25) is 0 Å². The van der Waals surface area contributed by atoms with Crippen molar-refractivity contribution in [2.45, 2.75) is 0 Å². The van der Waals surface area contributed by atoms with Gasteiger partial charge in [-0.05, 0) is 24.3 Å². The van der Waals surface area contributed by atoms with Gasteiger partial charge in [0.15, 0.2) is 0 Å². The van der Waals surface area contributed by atoms with Gasteiger partial charge < -0.3 is 4.74 Å². The number of nitrogens with zero attached hydrogens (tertiary/aromatic N) is 4. The van der Waals surface area contributed by atoms with Crippen LogP contribution >= 0.6 is 0 Å². The van der Waals surface area contributed by atoms with Crippen molar-refractivity contribution in [3.63, 3.8) is 0 Å². The molecule has 0 aliphatic rings. The van der Waals surface area contributed by atoms with E-state index in [0.717, 1.165) is 17.6 Å². The van der Waals surface area contributed by atoms with Gasteiger partial charge in [-0.2, -0.15) is 9.97 Å². The molecule has 0 radical (unpaired) electrons. The lowest BCUT2D eigenvalue weighted by atomic mass is 10.2. The second-order valence-electron chi connectivity index (χ2n) is 4.97. The molecule has 3 aromatic rings. The molecule has 1 N–H and O–H groups in total. The number of ether oxygens (including phenoxy) is 1. The number of hydrogen-bond acceptors (Lipinski definition) is 7. The summed E-state index contributed by atoms with van der Waals surface area (Å²) >= 11 is 0. The molecule has 8 nitrogen and oxygen atoms in total. The molecule has 0 amide bonds. The van der Waals surface area contributed by atoms with E-state index in [9.17, 15) is 10.1 Å². The Morgan fingerprint density at radius 3 is 2.08 bits per heavy atom. The van der Waals surface area contributed by atoms with Gasteiger partial charge in [-0.3, -0.25) is 20.5 Å². The highest BCUT2D eigenvalue weighted by molar-refractivity contribution is 5.69. The number of anilines is 3. The Labute approximate surface area is 143 Å². The number of hydrogen-bond donors (Lipinski definition) is 1. The molecule has 0 atom stereocenters. The Morgan fingerprint density at radius 1 is 1.04 bits per heavy atom. The zero-order valence-electron chi connectivity index (χ0n) is 13.4. The van der Waals surface area contributed by atoms with Gasteiger partial charge in [-0.1, -0.05) is 36.4 Å². The second-order valence-corrected chi connectivity index (χ2v) is 4.97. The van der Waals surface area contributed by atoms with Crippen molar-refractivity contribution < 1.29 is 9.66 Å². The van der Waals surface area contributed by atoms with Crippen LogP contribution in [0.25, 0.3) is 0 Å². The van der Waals surface area contributed by atoms with Gasteiger partial charge in [-0.15, -0.1) is 0 Å². The van der Waals surface area contributed by atoms with Crippen LogP contribution in [0.1, 0.15) is 0 Å². The Hall–Kier alpha value is -3.68. The summed E-state index contributed by atoms with van der Waals surface area (Å²) in [4.78, 5) is 18.6. The van der Waals surface area contributed by atoms with Crippen molar-refractivity contribution in [2.75, 3.05) is 17.5 Å². The molecule has 1 aromatic heterocycles. The first-order chi connectivity index (χ1) is 12.2. The number of nitro groups is 1. The van der Waals surface area contributed by atoms with Crippen LogP contribution in [0.15, 0.2) is 66.9 Å². The maximum absolute atomic E-state index is 11.3. The monoisotopic (exact) mass is 337 g/mol. The predicted molar refractivity (Wildman–Crippen MR) is 93.9 cm³/mol.